The van der Waals surface area contributed by atoms with E-state index in [1.807, 2.05) is 0 Å². The van der Waals surface area contributed by atoms with E-state index in [2.05, 4.69) is 26.0 Å². The van der Waals surface area contributed by atoms with Gasteiger partial charge < -0.3 is 4.74 Å². The maximum absolute atomic E-state index is 5.69. The summed E-state index contributed by atoms with van der Waals surface area (Å²) in [5, 5.41) is 0. The average molecular weight is 178 g/mol. The quantitative estimate of drug-likeness (QED) is 0.598. The van der Waals surface area contributed by atoms with Crippen LogP contribution in [0.25, 0.3) is 0 Å². The first-order valence-electron chi connectivity index (χ1n) is 5.31. The average Bonchev–Trinajstić information content (AvgIpc) is 2.17. The minimum Gasteiger partial charge on any atom is -0.498 e. The highest BCUT2D eigenvalue weighted by atomic mass is 16.5. The summed E-state index contributed by atoms with van der Waals surface area (Å²) in [6, 6.07) is 0. The summed E-state index contributed by atoms with van der Waals surface area (Å²) in [5.74, 6) is 2.75. The van der Waals surface area contributed by atoms with E-state index in [0.29, 0.717) is 0 Å². The van der Waals surface area contributed by atoms with Crippen molar-refractivity contribution in [3.8, 4) is 0 Å². The zero-order valence-electron chi connectivity index (χ0n) is 8.55. The molecule has 0 saturated heterocycles. The molecule has 1 atom stereocenters. The lowest BCUT2D eigenvalue weighted by atomic mass is 9.81. The molecule has 13 heavy (non-hydrogen) atoms. The summed E-state index contributed by atoms with van der Waals surface area (Å²) in [4.78, 5) is 0. The summed E-state index contributed by atoms with van der Waals surface area (Å²) in [6.45, 7) is 5.54. The van der Waals surface area contributed by atoms with Gasteiger partial charge in [-0.25, -0.2) is 0 Å². The SMILES string of the molecule is CC(C)C1CCOC2=C1C=CCC2. The smallest absolute Gasteiger partial charge is 0.0997 e. The van der Waals surface area contributed by atoms with Crippen LogP contribution in [0.2, 0.25) is 0 Å². The van der Waals surface area contributed by atoms with Gasteiger partial charge in [-0.3, -0.25) is 0 Å². The van der Waals surface area contributed by atoms with Gasteiger partial charge in [-0.05, 0) is 30.3 Å². The van der Waals surface area contributed by atoms with Crippen molar-refractivity contribution in [2.45, 2.75) is 33.1 Å². The third-order valence-electron chi connectivity index (χ3n) is 3.07. The Kier molecular flexibility index (Phi) is 2.43. The van der Waals surface area contributed by atoms with E-state index in [9.17, 15) is 0 Å². The summed E-state index contributed by atoms with van der Waals surface area (Å²) < 4.78 is 5.69. The molecule has 0 saturated carbocycles. The minimum absolute atomic E-state index is 0.736. The second-order valence-corrected chi connectivity index (χ2v) is 4.31. The highest BCUT2D eigenvalue weighted by Gasteiger charge is 2.25. The van der Waals surface area contributed by atoms with Crippen LogP contribution in [0.4, 0.5) is 0 Å². The van der Waals surface area contributed by atoms with Crippen LogP contribution < -0.4 is 0 Å². The molecule has 1 heterocycles. The normalized spacial score (nSPS) is 27.5. The number of hydrogen-bond acceptors (Lipinski definition) is 1. The van der Waals surface area contributed by atoms with Crippen molar-refractivity contribution >= 4 is 0 Å². The summed E-state index contributed by atoms with van der Waals surface area (Å²) in [5.41, 5.74) is 1.48. The predicted molar refractivity (Wildman–Crippen MR) is 54.3 cm³/mol. The molecule has 1 nitrogen and oxygen atoms in total. The standard InChI is InChI=1S/C12H18O/c1-9(2)10-7-8-13-12-6-4-3-5-11(10)12/h3,5,9-10H,4,6-8H2,1-2H3. The van der Waals surface area contributed by atoms with Crippen LogP contribution in [0.15, 0.2) is 23.5 Å². The number of ether oxygens (including phenoxy) is 1. The van der Waals surface area contributed by atoms with Gasteiger partial charge in [-0.15, -0.1) is 0 Å². The number of hydrogen-bond donors (Lipinski definition) is 0. The molecule has 0 N–H and O–H groups in total. The highest BCUT2D eigenvalue weighted by Crippen LogP contribution is 2.35. The van der Waals surface area contributed by atoms with Crippen LogP contribution >= 0.6 is 0 Å². The lowest BCUT2D eigenvalue weighted by Gasteiger charge is -2.31. The zero-order valence-corrected chi connectivity index (χ0v) is 8.55. The second kappa shape index (κ2) is 3.57. The fourth-order valence-corrected chi connectivity index (χ4v) is 2.30. The molecule has 1 unspecified atom stereocenters. The van der Waals surface area contributed by atoms with Crippen LogP contribution in [0, 0.1) is 11.8 Å². The first-order chi connectivity index (χ1) is 6.29. The molecule has 0 radical (unpaired) electrons. The fourth-order valence-electron chi connectivity index (χ4n) is 2.30. The van der Waals surface area contributed by atoms with Gasteiger partial charge in [0.05, 0.1) is 12.4 Å². The molecule has 0 amide bonds. The van der Waals surface area contributed by atoms with Crippen molar-refractivity contribution < 1.29 is 4.74 Å². The van der Waals surface area contributed by atoms with Gasteiger partial charge in [-0.2, -0.15) is 0 Å². The monoisotopic (exact) mass is 178 g/mol. The van der Waals surface area contributed by atoms with Gasteiger partial charge in [-0.1, -0.05) is 26.0 Å². The molecule has 0 aromatic heterocycles. The maximum atomic E-state index is 5.69. The van der Waals surface area contributed by atoms with Crippen LogP contribution in [0.5, 0.6) is 0 Å². The van der Waals surface area contributed by atoms with Crippen molar-refractivity contribution in [3.05, 3.63) is 23.5 Å². The van der Waals surface area contributed by atoms with E-state index in [1.54, 1.807) is 0 Å². The van der Waals surface area contributed by atoms with Crippen molar-refractivity contribution in [2.24, 2.45) is 11.8 Å². The topological polar surface area (TPSA) is 9.23 Å². The lowest BCUT2D eigenvalue weighted by molar-refractivity contribution is 0.145. The molecular formula is C12H18O. The lowest BCUT2D eigenvalue weighted by Crippen LogP contribution is -2.21. The van der Waals surface area contributed by atoms with E-state index < -0.39 is 0 Å². The molecule has 1 aliphatic heterocycles. The van der Waals surface area contributed by atoms with Crippen molar-refractivity contribution in [3.63, 3.8) is 0 Å². The van der Waals surface area contributed by atoms with E-state index >= 15 is 0 Å². The van der Waals surface area contributed by atoms with Gasteiger partial charge in [0, 0.05) is 6.42 Å². The molecule has 0 aromatic carbocycles. The minimum atomic E-state index is 0.736. The first-order valence-corrected chi connectivity index (χ1v) is 5.31. The summed E-state index contributed by atoms with van der Waals surface area (Å²) >= 11 is 0. The molecule has 1 aliphatic carbocycles. The van der Waals surface area contributed by atoms with Crippen LogP contribution in [-0.4, -0.2) is 6.61 Å². The Morgan fingerprint density at radius 3 is 3.08 bits per heavy atom. The first kappa shape index (κ1) is 8.86. The highest BCUT2D eigenvalue weighted by molar-refractivity contribution is 5.30. The number of rotatable bonds is 1. The Morgan fingerprint density at radius 2 is 2.31 bits per heavy atom. The Balaban J connectivity index is 2.25. The third-order valence-corrected chi connectivity index (χ3v) is 3.07. The molecular weight excluding hydrogens is 160 g/mol. The maximum Gasteiger partial charge on any atom is 0.0997 e. The van der Waals surface area contributed by atoms with Crippen molar-refractivity contribution in [2.75, 3.05) is 6.61 Å². The Hall–Kier alpha value is -0.720. The van der Waals surface area contributed by atoms with Crippen LogP contribution in [0.1, 0.15) is 33.1 Å². The second-order valence-electron chi connectivity index (χ2n) is 4.31. The van der Waals surface area contributed by atoms with Crippen LogP contribution in [0.3, 0.4) is 0 Å². The molecule has 0 fully saturated rings. The Bertz CT molecular complexity index is 248. The molecule has 2 rings (SSSR count). The molecule has 1 heteroatoms. The Labute approximate surface area is 80.5 Å². The largest absolute Gasteiger partial charge is 0.498 e. The van der Waals surface area contributed by atoms with Crippen molar-refractivity contribution in [1.82, 2.24) is 0 Å². The molecule has 2 aliphatic rings. The van der Waals surface area contributed by atoms with Gasteiger partial charge in [0.15, 0.2) is 0 Å². The van der Waals surface area contributed by atoms with E-state index in [1.165, 1.54) is 17.8 Å². The van der Waals surface area contributed by atoms with Gasteiger partial charge in [0.1, 0.15) is 0 Å². The van der Waals surface area contributed by atoms with Crippen molar-refractivity contribution in [1.29, 1.82) is 0 Å². The number of allylic oxidation sites excluding steroid dienone is 4. The third kappa shape index (κ3) is 1.65. The molecule has 0 bridgehead atoms. The molecule has 0 aromatic rings. The predicted octanol–water partition coefficient (Wildman–Crippen LogP) is 3.28. The van der Waals surface area contributed by atoms with E-state index in [4.69, 9.17) is 4.74 Å². The molecule has 72 valence electrons. The summed E-state index contributed by atoms with van der Waals surface area (Å²) in [7, 11) is 0. The van der Waals surface area contributed by atoms with Crippen LogP contribution in [-0.2, 0) is 4.74 Å². The fraction of sp³-hybridized carbons (Fsp3) is 0.667. The molecule has 0 spiro atoms. The zero-order chi connectivity index (χ0) is 9.26. The van der Waals surface area contributed by atoms with Gasteiger partial charge in [0.25, 0.3) is 0 Å². The Morgan fingerprint density at radius 1 is 1.46 bits per heavy atom. The van der Waals surface area contributed by atoms with Gasteiger partial charge in [0.2, 0.25) is 0 Å². The van der Waals surface area contributed by atoms with E-state index in [0.717, 1.165) is 31.3 Å². The van der Waals surface area contributed by atoms with E-state index in [-0.39, 0.29) is 0 Å². The summed E-state index contributed by atoms with van der Waals surface area (Å²) in [6.07, 6.45) is 8.03. The van der Waals surface area contributed by atoms with Gasteiger partial charge >= 0.3 is 0 Å².